The van der Waals surface area contributed by atoms with E-state index in [0.29, 0.717) is 0 Å². The maximum Gasteiger partial charge on any atom is 0.320 e. The van der Waals surface area contributed by atoms with Crippen LogP contribution in [-0.2, 0) is 14.3 Å². The highest BCUT2D eigenvalue weighted by Gasteiger charge is 2.36. The van der Waals surface area contributed by atoms with E-state index in [2.05, 4.69) is 12.2 Å². The van der Waals surface area contributed by atoms with E-state index >= 15 is 0 Å². The van der Waals surface area contributed by atoms with Crippen molar-refractivity contribution in [3.8, 4) is 0 Å². The Bertz CT molecular complexity index is 230. The highest BCUT2D eigenvalue weighted by Crippen LogP contribution is 2.24. The molecule has 1 N–H and O–H groups in total. The van der Waals surface area contributed by atoms with E-state index in [1.165, 1.54) is 0 Å². The third kappa shape index (κ3) is 3.47. The van der Waals surface area contributed by atoms with Crippen molar-refractivity contribution in [3.05, 3.63) is 0 Å². The maximum atomic E-state index is 11.3. The van der Waals surface area contributed by atoms with Crippen LogP contribution >= 0.6 is 0 Å². The summed E-state index contributed by atoms with van der Waals surface area (Å²) in [6.45, 7) is 8.80. The van der Waals surface area contributed by atoms with E-state index in [0.717, 1.165) is 13.0 Å². The van der Waals surface area contributed by atoms with Crippen LogP contribution in [0.15, 0.2) is 0 Å². The number of carbonyl (C=O) groups excluding carboxylic acids is 1. The number of ether oxygens (including phenoxy) is 2. The zero-order valence-electron chi connectivity index (χ0n) is 10.0. The summed E-state index contributed by atoms with van der Waals surface area (Å²) in [5.41, 5.74) is -0.101. The molecule has 0 aromatic rings. The fraction of sp³-hybridized carbons (Fsp3) is 0.909. The number of carbonyl (C=O) groups is 1. The van der Waals surface area contributed by atoms with E-state index in [-0.39, 0.29) is 30.3 Å². The van der Waals surface area contributed by atoms with Gasteiger partial charge in [0.2, 0.25) is 0 Å². The average molecular weight is 215 g/mol. The van der Waals surface area contributed by atoms with Gasteiger partial charge in [0.15, 0.2) is 0 Å². The first-order valence-electron chi connectivity index (χ1n) is 5.50. The van der Waals surface area contributed by atoms with Crippen LogP contribution in [-0.4, -0.2) is 36.9 Å². The predicted octanol–water partition coefficient (Wildman–Crippen LogP) is 1.10. The van der Waals surface area contributed by atoms with E-state index in [9.17, 15) is 4.79 Å². The molecule has 1 fully saturated rings. The molecule has 1 aliphatic rings. The smallest absolute Gasteiger partial charge is 0.320 e. The van der Waals surface area contributed by atoms with Gasteiger partial charge in [-0.1, -0.05) is 0 Å². The summed E-state index contributed by atoms with van der Waals surface area (Å²) in [7, 11) is 0. The quantitative estimate of drug-likeness (QED) is 0.713. The molecule has 0 saturated carbocycles. The molecule has 2 atom stereocenters. The molecule has 1 heterocycles. The van der Waals surface area contributed by atoms with E-state index < -0.39 is 0 Å². The molecule has 0 amide bonds. The largest absolute Gasteiger partial charge is 0.462 e. The van der Waals surface area contributed by atoms with Crippen LogP contribution in [0.25, 0.3) is 0 Å². The van der Waals surface area contributed by atoms with Crippen molar-refractivity contribution in [2.24, 2.45) is 0 Å². The summed E-state index contributed by atoms with van der Waals surface area (Å²) in [5, 5.41) is 3.21. The summed E-state index contributed by atoms with van der Waals surface area (Å²) >= 11 is 0. The molecule has 1 saturated heterocycles. The lowest BCUT2D eigenvalue weighted by Crippen LogP contribution is -2.50. The van der Waals surface area contributed by atoms with Crippen molar-refractivity contribution in [1.29, 1.82) is 0 Å². The Morgan fingerprint density at radius 2 is 2.33 bits per heavy atom. The molecule has 0 bridgehead atoms. The summed E-state index contributed by atoms with van der Waals surface area (Å²) in [6, 6.07) is 0. The molecule has 0 aromatic carbocycles. The second-order valence-electron chi connectivity index (χ2n) is 4.57. The first-order valence-corrected chi connectivity index (χ1v) is 5.50. The first-order chi connectivity index (χ1) is 6.94. The lowest BCUT2D eigenvalue weighted by Gasteiger charge is -2.28. The zero-order valence-corrected chi connectivity index (χ0v) is 10.0. The van der Waals surface area contributed by atoms with Gasteiger partial charge in [0.25, 0.3) is 0 Å². The normalized spacial score (nSPS) is 30.9. The Morgan fingerprint density at radius 3 is 2.80 bits per heavy atom. The van der Waals surface area contributed by atoms with Gasteiger partial charge in [-0.2, -0.15) is 0 Å². The van der Waals surface area contributed by atoms with Gasteiger partial charge in [-0.3, -0.25) is 10.1 Å². The van der Waals surface area contributed by atoms with Crippen LogP contribution in [0.4, 0.5) is 0 Å². The number of nitrogens with one attached hydrogen (secondary N) is 1. The molecular weight excluding hydrogens is 194 g/mol. The number of rotatable bonds is 4. The standard InChI is InChI=1S/C11H21NO3/c1-8(2)15-10(13)7-12-11(4)5-6-14-9(11)3/h8-9,12H,5-7H2,1-4H3. The Kier molecular flexibility index (Phi) is 4.11. The van der Waals surface area contributed by atoms with Crippen molar-refractivity contribution < 1.29 is 14.3 Å². The fourth-order valence-corrected chi connectivity index (χ4v) is 1.65. The van der Waals surface area contributed by atoms with Crippen molar-refractivity contribution in [1.82, 2.24) is 5.32 Å². The topological polar surface area (TPSA) is 47.6 Å². The average Bonchev–Trinajstić information content (AvgIpc) is 2.44. The Labute approximate surface area is 91.3 Å². The number of esters is 1. The van der Waals surface area contributed by atoms with E-state index in [1.807, 2.05) is 20.8 Å². The van der Waals surface area contributed by atoms with Crippen molar-refractivity contribution in [2.45, 2.75) is 51.9 Å². The van der Waals surface area contributed by atoms with Gasteiger partial charge in [-0.15, -0.1) is 0 Å². The molecule has 1 aliphatic heterocycles. The molecule has 1 rings (SSSR count). The highest BCUT2D eigenvalue weighted by atomic mass is 16.5. The monoisotopic (exact) mass is 215 g/mol. The minimum Gasteiger partial charge on any atom is -0.462 e. The zero-order chi connectivity index (χ0) is 11.5. The molecule has 0 aliphatic carbocycles. The molecule has 15 heavy (non-hydrogen) atoms. The number of hydrogen-bond donors (Lipinski definition) is 1. The Hall–Kier alpha value is -0.610. The highest BCUT2D eigenvalue weighted by molar-refractivity contribution is 5.71. The summed E-state index contributed by atoms with van der Waals surface area (Å²) in [6.07, 6.45) is 1.03. The summed E-state index contributed by atoms with van der Waals surface area (Å²) in [5.74, 6) is -0.203. The SMILES string of the molecule is CC(C)OC(=O)CNC1(C)CCOC1C. The molecule has 4 nitrogen and oxygen atoms in total. The minimum absolute atomic E-state index is 0.0515. The third-order valence-corrected chi connectivity index (χ3v) is 2.89. The van der Waals surface area contributed by atoms with Gasteiger partial charge < -0.3 is 9.47 Å². The second kappa shape index (κ2) is 4.94. The molecule has 0 aromatic heterocycles. The van der Waals surface area contributed by atoms with Crippen LogP contribution in [0.3, 0.4) is 0 Å². The molecule has 0 radical (unpaired) electrons. The van der Waals surface area contributed by atoms with Crippen LogP contribution in [0.1, 0.15) is 34.1 Å². The third-order valence-electron chi connectivity index (χ3n) is 2.89. The van der Waals surface area contributed by atoms with Crippen LogP contribution in [0, 0.1) is 0 Å². The van der Waals surface area contributed by atoms with Gasteiger partial charge >= 0.3 is 5.97 Å². The molecule has 0 spiro atoms. The first kappa shape index (κ1) is 12.5. The Balaban J connectivity index is 2.33. The summed E-state index contributed by atoms with van der Waals surface area (Å²) < 4.78 is 10.5. The van der Waals surface area contributed by atoms with Crippen molar-refractivity contribution in [2.75, 3.05) is 13.2 Å². The van der Waals surface area contributed by atoms with Gasteiger partial charge in [0.1, 0.15) is 0 Å². The maximum absolute atomic E-state index is 11.3. The van der Waals surface area contributed by atoms with Crippen LogP contribution < -0.4 is 5.32 Å². The predicted molar refractivity (Wildman–Crippen MR) is 57.7 cm³/mol. The summed E-state index contributed by atoms with van der Waals surface area (Å²) in [4.78, 5) is 11.3. The van der Waals surface area contributed by atoms with Crippen molar-refractivity contribution in [3.63, 3.8) is 0 Å². The van der Waals surface area contributed by atoms with Crippen molar-refractivity contribution >= 4 is 5.97 Å². The molecule has 2 unspecified atom stereocenters. The Morgan fingerprint density at radius 1 is 1.67 bits per heavy atom. The molecule has 4 heteroatoms. The van der Waals surface area contributed by atoms with Crippen LogP contribution in [0.5, 0.6) is 0 Å². The van der Waals surface area contributed by atoms with Gasteiger partial charge in [0.05, 0.1) is 18.8 Å². The van der Waals surface area contributed by atoms with Gasteiger partial charge in [0, 0.05) is 12.1 Å². The molecular formula is C11H21NO3. The van der Waals surface area contributed by atoms with Gasteiger partial charge in [-0.05, 0) is 34.1 Å². The fourth-order valence-electron chi connectivity index (χ4n) is 1.65. The van der Waals surface area contributed by atoms with Crippen LogP contribution in [0.2, 0.25) is 0 Å². The van der Waals surface area contributed by atoms with Gasteiger partial charge in [-0.25, -0.2) is 0 Å². The number of hydrogen-bond acceptors (Lipinski definition) is 4. The lowest BCUT2D eigenvalue weighted by atomic mass is 9.95. The van der Waals surface area contributed by atoms with E-state index in [4.69, 9.17) is 9.47 Å². The minimum atomic E-state index is -0.203. The second-order valence-corrected chi connectivity index (χ2v) is 4.57. The molecule has 88 valence electrons. The lowest BCUT2D eigenvalue weighted by molar-refractivity contribution is -0.146. The van der Waals surface area contributed by atoms with E-state index in [1.54, 1.807) is 0 Å².